The molecular weight excluding hydrogens is 542 g/mol. The fourth-order valence-corrected chi connectivity index (χ4v) is 6.63. The summed E-state index contributed by atoms with van der Waals surface area (Å²) in [6.07, 6.45) is 1.85. The van der Waals surface area contributed by atoms with Gasteiger partial charge >= 0.3 is 5.97 Å². The van der Waals surface area contributed by atoms with Crippen LogP contribution in [0.4, 0.5) is 0 Å². The van der Waals surface area contributed by atoms with Crippen molar-refractivity contribution in [2.75, 3.05) is 32.7 Å². The van der Waals surface area contributed by atoms with E-state index in [2.05, 4.69) is 5.32 Å². The number of carbonyl (C=O) groups is 2. The zero-order valence-corrected chi connectivity index (χ0v) is 23.6. The van der Waals surface area contributed by atoms with Crippen molar-refractivity contribution in [3.05, 3.63) is 102 Å². The summed E-state index contributed by atoms with van der Waals surface area (Å²) in [5.74, 6) is -0.593. The largest absolute Gasteiger partial charge is 0.453 e. The zero-order chi connectivity index (χ0) is 29.1. The Labute approximate surface area is 240 Å². The maximum atomic E-state index is 13.7. The van der Waals surface area contributed by atoms with E-state index in [1.165, 1.54) is 12.1 Å². The van der Waals surface area contributed by atoms with Crippen LogP contribution in [-0.2, 0) is 36.4 Å². The van der Waals surface area contributed by atoms with Crippen LogP contribution in [0.3, 0.4) is 0 Å². The molecule has 9 nitrogen and oxygen atoms in total. The first-order valence-corrected chi connectivity index (χ1v) is 15.4. The van der Waals surface area contributed by atoms with Crippen molar-refractivity contribution in [2.45, 2.75) is 35.9 Å². The standard InChI is InChI=1S/C31H35N3O6S/c32-41(38,39)27-13-11-23(12-14-27)15-18-33-29(35)22-34-19-16-24(17-20-34)28(21-34)40-30(36)31(37,25-7-3-1-4-8-25)26-9-5-2-6-10-26/h1-14,24,28,37H,15-22H2,(H2-,32,33,35,38,39)/p+1/t24?,28-,34?/m0/s1. The summed E-state index contributed by atoms with van der Waals surface area (Å²) in [5, 5.41) is 19.9. The van der Waals surface area contributed by atoms with Gasteiger partial charge in [-0.15, -0.1) is 0 Å². The van der Waals surface area contributed by atoms with Gasteiger partial charge in [-0.2, -0.15) is 0 Å². The number of esters is 1. The molecule has 4 N–H and O–H groups in total. The van der Waals surface area contributed by atoms with Gasteiger partial charge in [0.05, 0.1) is 18.0 Å². The van der Waals surface area contributed by atoms with Crippen molar-refractivity contribution in [3.8, 4) is 0 Å². The molecular formula is C31H36N3O6S+. The minimum absolute atomic E-state index is 0.0517. The Hall–Kier alpha value is -3.57. The number of primary sulfonamides is 1. The summed E-state index contributed by atoms with van der Waals surface area (Å²) in [6.45, 7) is 2.90. The number of piperidine rings is 3. The third-order valence-corrected chi connectivity index (χ3v) is 9.37. The van der Waals surface area contributed by atoms with Crippen molar-refractivity contribution in [1.82, 2.24) is 5.32 Å². The van der Waals surface area contributed by atoms with Crippen LogP contribution in [-0.4, -0.2) is 68.7 Å². The lowest BCUT2D eigenvalue weighted by Gasteiger charge is -2.51. The van der Waals surface area contributed by atoms with E-state index in [-0.39, 0.29) is 23.3 Å². The number of carbonyl (C=O) groups excluding carboxylic acids is 2. The van der Waals surface area contributed by atoms with Gasteiger partial charge in [-0.3, -0.25) is 4.79 Å². The highest BCUT2D eigenvalue weighted by Crippen LogP contribution is 2.38. The molecule has 2 bridgehead atoms. The fraction of sp³-hybridized carbons (Fsp3) is 0.355. The average Bonchev–Trinajstić information content (AvgIpc) is 2.98. The topological polar surface area (TPSA) is 136 Å². The molecule has 3 heterocycles. The number of sulfonamides is 1. The van der Waals surface area contributed by atoms with E-state index >= 15 is 0 Å². The monoisotopic (exact) mass is 578 g/mol. The van der Waals surface area contributed by atoms with E-state index < -0.39 is 27.7 Å². The van der Waals surface area contributed by atoms with Crippen LogP contribution in [0.15, 0.2) is 89.8 Å². The number of ether oxygens (including phenoxy) is 1. The number of benzene rings is 3. The molecule has 3 aliphatic heterocycles. The second-order valence-electron chi connectivity index (χ2n) is 11.1. The van der Waals surface area contributed by atoms with Gasteiger partial charge in [-0.05, 0) is 35.2 Å². The molecule has 0 radical (unpaired) electrons. The number of nitrogens with one attached hydrogen (secondary N) is 1. The molecule has 0 spiro atoms. The number of fused-ring (bicyclic) bond motifs is 3. The molecule has 0 unspecified atom stereocenters. The van der Waals surface area contributed by atoms with E-state index in [1.54, 1.807) is 60.7 Å². The lowest BCUT2D eigenvalue weighted by atomic mass is 9.82. The molecule has 0 saturated carbocycles. The molecule has 3 fully saturated rings. The highest BCUT2D eigenvalue weighted by atomic mass is 32.2. The van der Waals surface area contributed by atoms with E-state index in [0.29, 0.717) is 35.1 Å². The number of hydrogen-bond donors (Lipinski definition) is 3. The SMILES string of the molecule is NS(=O)(=O)c1ccc(CCNC(=O)C[N+]23CCC(CC2)[C@@H](OC(=O)C(O)(c2ccccc2)c2ccccc2)C3)cc1. The first-order chi connectivity index (χ1) is 19.6. The van der Waals surface area contributed by atoms with Crippen LogP contribution in [0.5, 0.6) is 0 Å². The third-order valence-electron chi connectivity index (χ3n) is 8.45. The quantitative estimate of drug-likeness (QED) is 0.249. The van der Waals surface area contributed by atoms with Crippen molar-refractivity contribution in [2.24, 2.45) is 11.1 Å². The first kappa shape index (κ1) is 28.9. The molecule has 0 aliphatic carbocycles. The predicted molar refractivity (Wildman–Crippen MR) is 153 cm³/mol. The first-order valence-electron chi connectivity index (χ1n) is 13.9. The third kappa shape index (κ3) is 6.36. The van der Waals surface area contributed by atoms with Crippen molar-refractivity contribution >= 4 is 21.9 Å². The van der Waals surface area contributed by atoms with Crippen molar-refractivity contribution in [3.63, 3.8) is 0 Å². The molecule has 3 aliphatic rings. The second kappa shape index (κ2) is 11.7. The lowest BCUT2D eigenvalue weighted by molar-refractivity contribution is -0.939. The van der Waals surface area contributed by atoms with Crippen LogP contribution in [0.1, 0.15) is 29.5 Å². The Morgan fingerprint density at radius 1 is 0.927 bits per heavy atom. The summed E-state index contributed by atoms with van der Waals surface area (Å²) in [7, 11) is -3.74. The minimum Gasteiger partial charge on any atom is -0.453 e. The second-order valence-corrected chi connectivity index (χ2v) is 12.7. The Kier molecular flexibility index (Phi) is 8.28. The van der Waals surface area contributed by atoms with Crippen LogP contribution < -0.4 is 10.5 Å². The van der Waals surface area contributed by atoms with Gasteiger partial charge in [0.25, 0.3) is 5.91 Å². The van der Waals surface area contributed by atoms with Crippen molar-refractivity contribution < 1.29 is 32.3 Å². The highest BCUT2D eigenvalue weighted by Gasteiger charge is 2.51. The maximum absolute atomic E-state index is 13.7. The van der Waals surface area contributed by atoms with Crippen molar-refractivity contribution in [1.29, 1.82) is 0 Å². The zero-order valence-electron chi connectivity index (χ0n) is 22.8. The van der Waals surface area contributed by atoms with Gasteiger partial charge < -0.3 is 19.6 Å². The summed E-state index contributed by atoms with van der Waals surface area (Å²) < 4.78 is 29.5. The molecule has 3 aromatic rings. The molecule has 216 valence electrons. The maximum Gasteiger partial charge on any atom is 0.348 e. The number of nitrogens with two attached hydrogens (primary N) is 1. The molecule has 3 saturated heterocycles. The summed E-state index contributed by atoms with van der Waals surface area (Å²) in [6, 6.07) is 24.0. The van der Waals surface area contributed by atoms with E-state index in [0.717, 1.165) is 31.5 Å². The number of aliphatic hydroxyl groups is 1. The highest BCUT2D eigenvalue weighted by molar-refractivity contribution is 7.89. The Morgan fingerprint density at radius 3 is 2.02 bits per heavy atom. The summed E-state index contributed by atoms with van der Waals surface area (Å²) in [5.41, 5.74) is -0.163. The number of amides is 1. The Morgan fingerprint density at radius 2 is 1.49 bits per heavy atom. The molecule has 0 aromatic heterocycles. The van der Waals surface area contributed by atoms with Gasteiger partial charge in [0.2, 0.25) is 15.6 Å². The molecule has 1 amide bonds. The minimum atomic E-state index is -3.74. The summed E-state index contributed by atoms with van der Waals surface area (Å²) >= 11 is 0. The fourth-order valence-electron chi connectivity index (χ4n) is 6.11. The molecule has 1 atom stereocenters. The Balaban J connectivity index is 1.21. The van der Waals surface area contributed by atoms with E-state index in [1.807, 2.05) is 12.1 Å². The predicted octanol–water partition coefficient (Wildman–Crippen LogP) is 2.08. The molecule has 10 heteroatoms. The normalized spacial score (nSPS) is 22.2. The smallest absolute Gasteiger partial charge is 0.348 e. The summed E-state index contributed by atoms with van der Waals surface area (Å²) in [4.78, 5) is 26.7. The Bertz CT molecular complexity index is 1430. The van der Waals surface area contributed by atoms with Crippen LogP contribution in [0.25, 0.3) is 0 Å². The molecule has 41 heavy (non-hydrogen) atoms. The van der Waals surface area contributed by atoms with Crippen LogP contribution in [0.2, 0.25) is 0 Å². The van der Waals surface area contributed by atoms with Gasteiger partial charge in [0, 0.05) is 25.3 Å². The number of nitrogens with zero attached hydrogens (tertiary/aromatic N) is 1. The van der Waals surface area contributed by atoms with E-state index in [9.17, 15) is 23.1 Å². The number of hydrogen-bond acceptors (Lipinski definition) is 6. The number of rotatable bonds is 10. The average molecular weight is 579 g/mol. The van der Waals surface area contributed by atoms with Gasteiger partial charge in [-0.25, -0.2) is 18.4 Å². The number of quaternary nitrogens is 1. The van der Waals surface area contributed by atoms with Gasteiger partial charge in [0.1, 0.15) is 6.54 Å². The van der Waals surface area contributed by atoms with Gasteiger partial charge in [0.15, 0.2) is 12.6 Å². The van der Waals surface area contributed by atoms with Crippen LogP contribution in [0, 0.1) is 5.92 Å². The van der Waals surface area contributed by atoms with Crippen LogP contribution >= 0.6 is 0 Å². The van der Waals surface area contributed by atoms with Gasteiger partial charge in [-0.1, -0.05) is 72.8 Å². The lowest BCUT2D eigenvalue weighted by Crippen LogP contribution is -2.67. The molecule has 3 aromatic carbocycles. The van der Waals surface area contributed by atoms with E-state index in [4.69, 9.17) is 9.88 Å². The molecule has 6 rings (SSSR count).